The maximum Gasteiger partial charge on any atom is 0.299 e. The summed E-state index contributed by atoms with van der Waals surface area (Å²) in [6.07, 6.45) is 2.29. The Morgan fingerprint density at radius 2 is 1.86 bits per heavy atom. The van der Waals surface area contributed by atoms with Crippen LogP contribution in [0.1, 0.15) is 19.8 Å². The fourth-order valence-electron chi connectivity index (χ4n) is 2.62. The first-order valence-electron chi connectivity index (χ1n) is 5.16. The van der Waals surface area contributed by atoms with E-state index in [1.165, 1.54) is 0 Å². The molecule has 2 bridgehead atoms. The van der Waals surface area contributed by atoms with E-state index < -0.39 is 0 Å². The van der Waals surface area contributed by atoms with Crippen LogP contribution in [0, 0.1) is 11.8 Å². The molecule has 0 spiro atoms. The average Bonchev–Trinajstić information content (AvgIpc) is 2.39. The summed E-state index contributed by atoms with van der Waals surface area (Å²) in [5.74, 6) is 5.36. The lowest BCUT2D eigenvalue weighted by Crippen LogP contribution is -2.54. The molecule has 2 rings (SSSR count). The maximum atomic E-state index is 11.7. The second-order valence-corrected chi connectivity index (χ2v) is 4.19. The molecule has 0 N–H and O–H groups in total. The zero-order valence-corrected chi connectivity index (χ0v) is 8.79. The molecule has 0 radical (unpaired) electrons. The number of carbonyl (C=O) groups is 1. The Labute approximate surface area is 85.1 Å². The molecule has 0 saturated carbocycles. The molecular weight excluding hydrogens is 176 g/mol. The van der Waals surface area contributed by atoms with Crippen LogP contribution in [0.25, 0.3) is 0 Å². The third-order valence-electron chi connectivity index (χ3n) is 3.13. The van der Waals surface area contributed by atoms with Crippen LogP contribution < -0.4 is 0 Å². The average molecular weight is 192 g/mol. The van der Waals surface area contributed by atoms with E-state index in [1.807, 2.05) is 4.90 Å². The van der Waals surface area contributed by atoms with Gasteiger partial charge < -0.3 is 9.80 Å². The Hall–Kier alpha value is -1.01. The van der Waals surface area contributed by atoms with Crippen LogP contribution in [0.3, 0.4) is 0 Å². The van der Waals surface area contributed by atoms with E-state index >= 15 is 0 Å². The number of nitrogens with zero attached hydrogens (tertiary/aromatic N) is 2. The van der Waals surface area contributed by atoms with Gasteiger partial charge in [0.2, 0.25) is 0 Å². The summed E-state index contributed by atoms with van der Waals surface area (Å²) in [5, 5.41) is 0. The highest BCUT2D eigenvalue weighted by molar-refractivity contribution is 5.94. The molecule has 14 heavy (non-hydrogen) atoms. The molecule has 0 unspecified atom stereocenters. The number of piperazine rings is 1. The topological polar surface area (TPSA) is 23.6 Å². The molecule has 76 valence electrons. The molecule has 2 fully saturated rings. The van der Waals surface area contributed by atoms with Crippen molar-refractivity contribution in [3.63, 3.8) is 0 Å². The summed E-state index contributed by atoms with van der Waals surface area (Å²) >= 11 is 0. The van der Waals surface area contributed by atoms with Gasteiger partial charge in [0.25, 0.3) is 5.91 Å². The molecule has 1 amide bonds. The van der Waals surface area contributed by atoms with E-state index in [0.717, 1.165) is 25.9 Å². The zero-order valence-electron chi connectivity index (χ0n) is 8.79. The molecule has 2 saturated heterocycles. The van der Waals surface area contributed by atoms with Gasteiger partial charge in [-0.25, -0.2) is 0 Å². The Kier molecular flexibility index (Phi) is 2.47. The highest BCUT2D eigenvalue weighted by Gasteiger charge is 2.40. The van der Waals surface area contributed by atoms with E-state index in [-0.39, 0.29) is 5.91 Å². The predicted octanol–water partition coefficient (Wildman–Crippen LogP) is 0.315. The van der Waals surface area contributed by atoms with E-state index in [2.05, 4.69) is 23.8 Å². The Bertz CT molecular complexity index is 288. The normalized spacial score (nSPS) is 31.1. The number of hydrogen-bond acceptors (Lipinski definition) is 2. The molecule has 2 heterocycles. The maximum absolute atomic E-state index is 11.7. The second-order valence-electron chi connectivity index (χ2n) is 4.19. The van der Waals surface area contributed by atoms with Crippen molar-refractivity contribution in [2.75, 3.05) is 20.1 Å². The third kappa shape index (κ3) is 1.51. The summed E-state index contributed by atoms with van der Waals surface area (Å²) in [5.41, 5.74) is 0. The van der Waals surface area contributed by atoms with Crippen LogP contribution in [0.4, 0.5) is 0 Å². The first-order valence-corrected chi connectivity index (χ1v) is 5.16. The first kappa shape index (κ1) is 9.54. The van der Waals surface area contributed by atoms with Crippen LogP contribution in [-0.4, -0.2) is 47.9 Å². The standard InChI is InChI=1S/C11H16N2O/c1-3-4-11(14)13-9-5-6-10(13)8-12(2)7-9/h9-10H,5-8H2,1-2H3/t9-,10+. The van der Waals surface area contributed by atoms with Crippen molar-refractivity contribution in [1.82, 2.24) is 9.80 Å². The number of amides is 1. The molecular formula is C11H16N2O. The third-order valence-corrected chi connectivity index (χ3v) is 3.13. The quantitative estimate of drug-likeness (QED) is 0.516. The van der Waals surface area contributed by atoms with E-state index in [1.54, 1.807) is 6.92 Å². The van der Waals surface area contributed by atoms with Gasteiger partial charge >= 0.3 is 0 Å². The van der Waals surface area contributed by atoms with Crippen molar-refractivity contribution >= 4 is 5.91 Å². The van der Waals surface area contributed by atoms with E-state index in [9.17, 15) is 4.79 Å². The van der Waals surface area contributed by atoms with Gasteiger partial charge in [-0.05, 0) is 32.7 Å². The summed E-state index contributed by atoms with van der Waals surface area (Å²) in [6, 6.07) is 0.819. The molecule has 2 aliphatic rings. The highest BCUT2D eigenvalue weighted by Crippen LogP contribution is 2.29. The van der Waals surface area contributed by atoms with Crippen LogP contribution in [0.2, 0.25) is 0 Å². The fraction of sp³-hybridized carbons (Fsp3) is 0.727. The van der Waals surface area contributed by atoms with Gasteiger partial charge in [-0.2, -0.15) is 0 Å². The van der Waals surface area contributed by atoms with Gasteiger partial charge in [-0.3, -0.25) is 4.79 Å². The van der Waals surface area contributed by atoms with Crippen molar-refractivity contribution in [3.8, 4) is 11.8 Å². The van der Waals surface area contributed by atoms with Crippen molar-refractivity contribution in [2.24, 2.45) is 0 Å². The van der Waals surface area contributed by atoms with Gasteiger partial charge in [0.15, 0.2) is 0 Å². The van der Waals surface area contributed by atoms with Crippen molar-refractivity contribution in [1.29, 1.82) is 0 Å². The molecule has 0 aromatic rings. The SMILES string of the molecule is CC#CC(=O)N1[C@@H]2CC[C@H]1CN(C)C2. The molecule has 0 aromatic carbocycles. The van der Waals surface area contributed by atoms with Gasteiger partial charge in [-0.1, -0.05) is 5.92 Å². The number of rotatable bonds is 0. The summed E-state index contributed by atoms with van der Waals surface area (Å²) in [6.45, 7) is 3.73. The van der Waals surface area contributed by atoms with E-state index in [4.69, 9.17) is 0 Å². The zero-order chi connectivity index (χ0) is 10.1. The van der Waals surface area contributed by atoms with Crippen LogP contribution in [0.15, 0.2) is 0 Å². The first-order chi connectivity index (χ1) is 6.72. The predicted molar refractivity (Wildman–Crippen MR) is 54.6 cm³/mol. The number of fused-ring (bicyclic) bond motifs is 2. The Morgan fingerprint density at radius 3 is 2.36 bits per heavy atom. The molecule has 2 aliphatic heterocycles. The largest absolute Gasteiger partial charge is 0.323 e. The lowest BCUT2D eigenvalue weighted by Gasteiger charge is -2.38. The van der Waals surface area contributed by atoms with Gasteiger partial charge in [0.1, 0.15) is 0 Å². The van der Waals surface area contributed by atoms with Gasteiger partial charge in [0.05, 0.1) is 0 Å². The van der Waals surface area contributed by atoms with Gasteiger partial charge in [0, 0.05) is 25.2 Å². The van der Waals surface area contributed by atoms with Crippen LogP contribution in [-0.2, 0) is 4.79 Å². The van der Waals surface area contributed by atoms with Crippen molar-refractivity contribution in [3.05, 3.63) is 0 Å². The summed E-state index contributed by atoms with van der Waals surface area (Å²) < 4.78 is 0. The Morgan fingerprint density at radius 1 is 1.29 bits per heavy atom. The summed E-state index contributed by atoms with van der Waals surface area (Å²) in [7, 11) is 2.12. The molecule has 2 atom stereocenters. The van der Waals surface area contributed by atoms with Crippen LogP contribution in [0.5, 0.6) is 0 Å². The minimum atomic E-state index is 0.0214. The lowest BCUT2D eigenvalue weighted by atomic mass is 10.2. The lowest BCUT2D eigenvalue weighted by molar-refractivity contribution is -0.130. The minimum absolute atomic E-state index is 0.0214. The van der Waals surface area contributed by atoms with Crippen molar-refractivity contribution < 1.29 is 4.79 Å². The molecule has 3 nitrogen and oxygen atoms in total. The fourth-order valence-corrected chi connectivity index (χ4v) is 2.62. The molecule has 0 aromatic heterocycles. The highest BCUT2D eigenvalue weighted by atomic mass is 16.2. The van der Waals surface area contributed by atoms with Crippen molar-refractivity contribution in [2.45, 2.75) is 31.8 Å². The summed E-state index contributed by atoms with van der Waals surface area (Å²) in [4.78, 5) is 16.0. The van der Waals surface area contributed by atoms with E-state index in [0.29, 0.717) is 12.1 Å². The smallest absolute Gasteiger partial charge is 0.299 e. The number of hydrogen-bond donors (Lipinski definition) is 0. The number of carbonyl (C=O) groups excluding carboxylic acids is 1. The van der Waals surface area contributed by atoms with Crippen LogP contribution >= 0.6 is 0 Å². The second kappa shape index (κ2) is 3.62. The van der Waals surface area contributed by atoms with Gasteiger partial charge in [-0.15, -0.1) is 0 Å². The number of likely N-dealkylation sites (N-methyl/N-ethyl adjacent to an activating group) is 1. The minimum Gasteiger partial charge on any atom is -0.323 e. The molecule has 0 aliphatic carbocycles. The number of likely N-dealkylation sites (tertiary alicyclic amines) is 1. The monoisotopic (exact) mass is 192 g/mol. The molecule has 3 heteroatoms. The Balaban J connectivity index is 2.13.